The zero-order valence-electron chi connectivity index (χ0n) is 18.8. The first-order chi connectivity index (χ1) is 15.9. The van der Waals surface area contributed by atoms with E-state index in [0.29, 0.717) is 22.8 Å². The van der Waals surface area contributed by atoms with Gasteiger partial charge in [0, 0.05) is 12.7 Å². The van der Waals surface area contributed by atoms with Gasteiger partial charge in [0.1, 0.15) is 5.70 Å². The maximum atomic E-state index is 13.7. The van der Waals surface area contributed by atoms with E-state index in [0.717, 1.165) is 27.9 Å². The monoisotopic (exact) mass is 440 g/mol. The Bertz CT molecular complexity index is 1300. The Labute approximate surface area is 192 Å². The quantitative estimate of drug-likeness (QED) is 0.549. The van der Waals surface area contributed by atoms with E-state index in [1.54, 1.807) is 11.0 Å². The highest BCUT2D eigenvalue weighted by Gasteiger charge is 2.41. The molecule has 0 N–H and O–H groups in total. The summed E-state index contributed by atoms with van der Waals surface area (Å²) < 4.78 is 10.8. The van der Waals surface area contributed by atoms with Gasteiger partial charge in [-0.05, 0) is 60.4 Å². The van der Waals surface area contributed by atoms with Gasteiger partial charge in [-0.1, -0.05) is 42.5 Å². The first-order valence-electron chi connectivity index (χ1n) is 10.8. The predicted molar refractivity (Wildman–Crippen MR) is 126 cm³/mol. The highest BCUT2D eigenvalue weighted by atomic mass is 16.7. The number of para-hydroxylation sites is 1. The lowest BCUT2D eigenvalue weighted by Crippen LogP contribution is -2.33. The van der Waals surface area contributed by atoms with E-state index >= 15 is 0 Å². The predicted octanol–water partition coefficient (Wildman–Crippen LogP) is 4.45. The van der Waals surface area contributed by atoms with Crippen molar-refractivity contribution < 1.29 is 19.1 Å². The van der Waals surface area contributed by atoms with Crippen molar-refractivity contribution in [3.8, 4) is 11.5 Å². The highest BCUT2D eigenvalue weighted by molar-refractivity contribution is 6.36. The second kappa shape index (κ2) is 8.13. The van der Waals surface area contributed by atoms with Gasteiger partial charge in [-0.15, -0.1) is 0 Å². The van der Waals surface area contributed by atoms with E-state index in [1.165, 1.54) is 4.90 Å². The molecule has 0 aromatic heterocycles. The van der Waals surface area contributed by atoms with Crippen LogP contribution < -0.4 is 14.4 Å². The van der Waals surface area contributed by atoms with Crippen LogP contribution in [0.1, 0.15) is 22.3 Å². The van der Waals surface area contributed by atoms with Crippen molar-refractivity contribution in [1.29, 1.82) is 0 Å². The van der Waals surface area contributed by atoms with Crippen LogP contribution in [0.4, 0.5) is 5.69 Å². The van der Waals surface area contributed by atoms with Crippen LogP contribution in [0.5, 0.6) is 11.5 Å². The van der Waals surface area contributed by atoms with Gasteiger partial charge < -0.3 is 14.4 Å². The third kappa shape index (κ3) is 3.63. The fraction of sp³-hybridized carbons (Fsp3) is 0.185. The molecule has 0 spiro atoms. The third-order valence-electron chi connectivity index (χ3n) is 6.20. The molecule has 0 saturated carbocycles. The molecule has 5 rings (SSSR count). The maximum Gasteiger partial charge on any atom is 0.278 e. The van der Waals surface area contributed by atoms with Crippen molar-refractivity contribution in [3.63, 3.8) is 0 Å². The summed E-state index contributed by atoms with van der Waals surface area (Å²) in [5.74, 6) is 0.655. The van der Waals surface area contributed by atoms with Crippen LogP contribution in [0.3, 0.4) is 0 Å². The molecule has 2 aliphatic heterocycles. The number of rotatable bonds is 5. The number of nitrogens with zero attached hydrogens (tertiary/aromatic N) is 2. The Hall–Kier alpha value is -4.06. The second-order valence-corrected chi connectivity index (χ2v) is 8.30. The summed E-state index contributed by atoms with van der Waals surface area (Å²) in [6.07, 6.45) is 0. The Balaban J connectivity index is 1.56. The molecule has 0 bridgehead atoms. The number of aryl methyl sites for hydroxylation is 2. The third-order valence-corrected chi connectivity index (χ3v) is 6.20. The first-order valence-corrected chi connectivity index (χ1v) is 10.8. The molecule has 0 radical (unpaired) electrons. The van der Waals surface area contributed by atoms with E-state index in [-0.39, 0.29) is 25.2 Å². The Morgan fingerprint density at radius 1 is 0.848 bits per heavy atom. The summed E-state index contributed by atoms with van der Waals surface area (Å²) in [6, 6.07) is 20.9. The van der Waals surface area contributed by atoms with Crippen LogP contribution in [-0.2, 0) is 16.1 Å². The average Bonchev–Trinajstić information content (AvgIpc) is 3.39. The van der Waals surface area contributed by atoms with Crippen molar-refractivity contribution in [2.75, 3.05) is 18.7 Å². The number of anilines is 1. The van der Waals surface area contributed by atoms with Gasteiger partial charge in [0.25, 0.3) is 11.8 Å². The Morgan fingerprint density at radius 3 is 2.36 bits per heavy atom. The van der Waals surface area contributed by atoms with Gasteiger partial charge in [-0.2, -0.15) is 0 Å². The first kappa shape index (κ1) is 20.8. The smallest absolute Gasteiger partial charge is 0.278 e. The molecule has 166 valence electrons. The van der Waals surface area contributed by atoms with Crippen molar-refractivity contribution in [3.05, 3.63) is 94.7 Å². The fourth-order valence-corrected chi connectivity index (χ4v) is 4.18. The van der Waals surface area contributed by atoms with Gasteiger partial charge in [0.2, 0.25) is 6.79 Å². The van der Waals surface area contributed by atoms with Crippen molar-refractivity contribution >= 4 is 23.1 Å². The van der Waals surface area contributed by atoms with Crippen LogP contribution in [0.15, 0.2) is 72.4 Å². The van der Waals surface area contributed by atoms with Crippen molar-refractivity contribution in [1.82, 2.24) is 4.90 Å². The van der Waals surface area contributed by atoms with Crippen LogP contribution in [0.2, 0.25) is 0 Å². The SMILES string of the molecule is Cc1ccc(C2=C(N(C)c3ccccc3)C(=O)N(Cc3ccc4c(c3)OCO4)C2=O)cc1C. The zero-order valence-corrected chi connectivity index (χ0v) is 18.8. The largest absolute Gasteiger partial charge is 0.454 e. The maximum absolute atomic E-state index is 13.7. The minimum Gasteiger partial charge on any atom is -0.454 e. The summed E-state index contributed by atoms with van der Waals surface area (Å²) in [5, 5.41) is 0. The molecule has 0 fully saturated rings. The molecule has 3 aromatic rings. The summed E-state index contributed by atoms with van der Waals surface area (Å²) in [6.45, 7) is 4.35. The van der Waals surface area contributed by atoms with E-state index in [4.69, 9.17) is 9.47 Å². The van der Waals surface area contributed by atoms with Gasteiger partial charge in [0.15, 0.2) is 11.5 Å². The zero-order chi connectivity index (χ0) is 23.1. The molecular formula is C27H24N2O4. The molecule has 2 aliphatic rings. The molecule has 2 amide bonds. The Kier molecular flexibility index (Phi) is 5.13. The average molecular weight is 440 g/mol. The number of hydrogen-bond acceptors (Lipinski definition) is 5. The molecule has 0 atom stereocenters. The number of fused-ring (bicyclic) bond motifs is 1. The standard InChI is InChI=1S/C27H24N2O4/c1-17-9-11-20(13-18(17)2)24-25(28(3)21-7-5-4-6-8-21)27(31)29(26(24)30)15-19-10-12-22-23(14-19)33-16-32-22/h4-14H,15-16H2,1-3H3. The van der Waals surface area contributed by atoms with Gasteiger partial charge >= 0.3 is 0 Å². The van der Waals surface area contributed by atoms with Gasteiger partial charge in [0.05, 0.1) is 12.1 Å². The lowest BCUT2D eigenvalue weighted by Gasteiger charge is -2.21. The summed E-state index contributed by atoms with van der Waals surface area (Å²) >= 11 is 0. The normalized spacial score (nSPS) is 14.9. The number of imide groups is 1. The molecule has 0 saturated heterocycles. The number of amides is 2. The molecule has 6 nitrogen and oxygen atoms in total. The van der Waals surface area contributed by atoms with E-state index in [1.807, 2.05) is 81.6 Å². The number of benzene rings is 3. The van der Waals surface area contributed by atoms with Crippen molar-refractivity contribution in [2.24, 2.45) is 0 Å². The molecule has 6 heteroatoms. The molecule has 0 aliphatic carbocycles. The fourth-order valence-electron chi connectivity index (χ4n) is 4.18. The van der Waals surface area contributed by atoms with E-state index < -0.39 is 0 Å². The number of carbonyl (C=O) groups is 2. The van der Waals surface area contributed by atoms with Crippen LogP contribution in [-0.4, -0.2) is 30.6 Å². The highest BCUT2D eigenvalue weighted by Crippen LogP contribution is 2.37. The summed E-state index contributed by atoms with van der Waals surface area (Å²) in [5.41, 5.74) is 5.35. The van der Waals surface area contributed by atoms with Crippen LogP contribution in [0, 0.1) is 13.8 Å². The van der Waals surface area contributed by atoms with Crippen LogP contribution >= 0.6 is 0 Å². The minimum absolute atomic E-state index is 0.148. The van der Waals surface area contributed by atoms with Crippen molar-refractivity contribution in [2.45, 2.75) is 20.4 Å². The molecule has 3 aromatic carbocycles. The number of ether oxygens (including phenoxy) is 2. The van der Waals surface area contributed by atoms with E-state index in [9.17, 15) is 9.59 Å². The number of likely N-dealkylation sites (N-methyl/N-ethyl adjacent to an activating group) is 1. The molecule has 0 unspecified atom stereocenters. The van der Waals surface area contributed by atoms with Gasteiger partial charge in [-0.25, -0.2) is 0 Å². The lowest BCUT2D eigenvalue weighted by molar-refractivity contribution is -0.137. The summed E-state index contributed by atoms with van der Waals surface area (Å²) in [7, 11) is 1.82. The second-order valence-electron chi connectivity index (χ2n) is 8.30. The topological polar surface area (TPSA) is 59.1 Å². The number of carbonyl (C=O) groups excluding carboxylic acids is 2. The van der Waals surface area contributed by atoms with Crippen LogP contribution in [0.25, 0.3) is 5.57 Å². The Morgan fingerprint density at radius 2 is 1.61 bits per heavy atom. The molecular weight excluding hydrogens is 416 g/mol. The lowest BCUT2D eigenvalue weighted by atomic mass is 9.99. The molecule has 33 heavy (non-hydrogen) atoms. The summed E-state index contributed by atoms with van der Waals surface area (Å²) in [4.78, 5) is 30.4. The number of hydrogen-bond donors (Lipinski definition) is 0. The molecule has 2 heterocycles. The minimum atomic E-state index is -0.322. The van der Waals surface area contributed by atoms with E-state index in [2.05, 4.69) is 0 Å². The van der Waals surface area contributed by atoms with Gasteiger partial charge in [-0.3, -0.25) is 14.5 Å².